The molecular weight excluding hydrogens is 267 g/mol. The normalized spacial score (nSPS) is 12.4. The predicted molar refractivity (Wildman–Crippen MR) is 86.0 cm³/mol. The van der Waals surface area contributed by atoms with Crippen molar-refractivity contribution in [3.63, 3.8) is 0 Å². The van der Waals surface area contributed by atoms with Crippen molar-refractivity contribution in [2.75, 3.05) is 6.61 Å². The molecular formula is C16H27BO4. The fourth-order valence-corrected chi connectivity index (χ4v) is 1.71. The molecule has 2 N–H and O–H groups in total. The van der Waals surface area contributed by atoms with Gasteiger partial charge < -0.3 is 19.5 Å². The topological polar surface area (TPSA) is 58.9 Å². The lowest BCUT2D eigenvalue weighted by Gasteiger charge is -2.38. The molecule has 118 valence electrons. The first-order chi connectivity index (χ1) is 9.56. The van der Waals surface area contributed by atoms with E-state index in [4.69, 9.17) is 9.39 Å². The molecule has 0 bridgehead atoms. The molecule has 0 atom stereocenters. The Bertz CT molecular complexity index is 466. The number of hydrogen-bond acceptors (Lipinski definition) is 4. The lowest BCUT2D eigenvalue weighted by Crippen LogP contribution is -2.53. The number of aryl methyl sites for hydroxylation is 1. The van der Waals surface area contributed by atoms with Gasteiger partial charge in [-0.3, -0.25) is 0 Å². The van der Waals surface area contributed by atoms with E-state index in [2.05, 4.69) is 0 Å². The molecule has 0 aliphatic heterocycles. The van der Waals surface area contributed by atoms with Crippen LogP contribution >= 0.6 is 0 Å². The number of rotatable bonds is 7. The maximum atomic E-state index is 10.3. The molecule has 4 nitrogen and oxygen atoms in total. The Hall–Kier alpha value is -1.04. The number of hydrogen-bond donors (Lipinski definition) is 2. The van der Waals surface area contributed by atoms with Gasteiger partial charge in [0.05, 0.1) is 17.8 Å². The SMILES string of the molecule is CCCOc1cc(C)cc(B(O)OC(C)(C)C(C)(C)O)c1. The van der Waals surface area contributed by atoms with Crippen LogP contribution in [0.5, 0.6) is 5.75 Å². The first kappa shape index (κ1) is 18.0. The number of ether oxygens (including phenoxy) is 1. The summed E-state index contributed by atoms with van der Waals surface area (Å²) in [7, 11) is -1.12. The van der Waals surface area contributed by atoms with Crippen LogP contribution in [0.3, 0.4) is 0 Å². The molecule has 1 rings (SSSR count). The highest BCUT2D eigenvalue weighted by Gasteiger charge is 2.39. The number of aliphatic hydroxyl groups is 1. The van der Waals surface area contributed by atoms with E-state index < -0.39 is 18.3 Å². The van der Waals surface area contributed by atoms with Gasteiger partial charge in [-0.1, -0.05) is 13.0 Å². The van der Waals surface area contributed by atoms with Crippen LogP contribution in [0, 0.1) is 6.92 Å². The van der Waals surface area contributed by atoms with Gasteiger partial charge >= 0.3 is 7.12 Å². The highest BCUT2D eigenvalue weighted by atomic mass is 16.5. The van der Waals surface area contributed by atoms with Gasteiger partial charge in [0.15, 0.2) is 0 Å². The third-order valence-electron chi connectivity index (χ3n) is 3.71. The van der Waals surface area contributed by atoms with E-state index in [9.17, 15) is 10.1 Å². The lowest BCUT2D eigenvalue weighted by atomic mass is 9.76. The van der Waals surface area contributed by atoms with Crippen molar-refractivity contribution >= 4 is 12.6 Å². The summed E-state index contributed by atoms with van der Waals surface area (Å²) in [5.41, 5.74) is -0.347. The monoisotopic (exact) mass is 294 g/mol. The van der Waals surface area contributed by atoms with Crippen LogP contribution < -0.4 is 10.2 Å². The molecule has 0 saturated heterocycles. The highest BCUT2D eigenvalue weighted by molar-refractivity contribution is 6.60. The summed E-state index contributed by atoms with van der Waals surface area (Å²) in [6.07, 6.45) is 0.925. The lowest BCUT2D eigenvalue weighted by molar-refractivity contribution is -0.0982. The van der Waals surface area contributed by atoms with Crippen molar-refractivity contribution in [1.29, 1.82) is 0 Å². The van der Waals surface area contributed by atoms with Crippen molar-refractivity contribution < 1.29 is 19.5 Å². The van der Waals surface area contributed by atoms with Crippen LogP contribution in [0.25, 0.3) is 0 Å². The minimum absolute atomic E-state index is 0.624. The first-order valence-corrected chi connectivity index (χ1v) is 7.39. The summed E-state index contributed by atoms with van der Waals surface area (Å²) >= 11 is 0. The standard InChI is InChI=1S/C16H27BO4/c1-7-8-20-14-10-12(2)9-13(11-14)17(19)21-16(5,6)15(3,4)18/h9-11,18-19H,7-8H2,1-6H3. The molecule has 0 amide bonds. The summed E-state index contributed by atoms with van der Waals surface area (Å²) in [5, 5.41) is 20.4. The molecule has 0 unspecified atom stereocenters. The Morgan fingerprint density at radius 2 is 1.76 bits per heavy atom. The van der Waals surface area contributed by atoms with Crippen molar-refractivity contribution in [1.82, 2.24) is 0 Å². The summed E-state index contributed by atoms with van der Waals surface area (Å²) < 4.78 is 11.3. The minimum Gasteiger partial charge on any atom is -0.494 e. The van der Waals surface area contributed by atoms with E-state index >= 15 is 0 Å². The van der Waals surface area contributed by atoms with Gasteiger partial charge in [0.1, 0.15) is 5.75 Å². The fraction of sp³-hybridized carbons (Fsp3) is 0.625. The molecule has 0 aliphatic rings. The average molecular weight is 294 g/mol. The molecule has 0 fully saturated rings. The van der Waals surface area contributed by atoms with Crippen molar-refractivity contribution in [2.24, 2.45) is 0 Å². The zero-order valence-electron chi connectivity index (χ0n) is 13.9. The van der Waals surface area contributed by atoms with E-state index in [-0.39, 0.29) is 0 Å². The van der Waals surface area contributed by atoms with Gasteiger partial charge in [0.2, 0.25) is 0 Å². The van der Waals surface area contributed by atoms with E-state index in [1.54, 1.807) is 33.8 Å². The Balaban J connectivity index is 2.92. The third kappa shape index (κ3) is 5.02. The van der Waals surface area contributed by atoms with E-state index in [1.807, 2.05) is 26.0 Å². The molecule has 0 aromatic heterocycles. The quantitative estimate of drug-likeness (QED) is 0.756. The molecule has 0 aliphatic carbocycles. The third-order valence-corrected chi connectivity index (χ3v) is 3.71. The molecule has 0 saturated carbocycles. The van der Waals surface area contributed by atoms with Gasteiger partial charge in [-0.25, -0.2) is 0 Å². The van der Waals surface area contributed by atoms with Crippen molar-refractivity contribution in [3.05, 3.63) is 23.8 Å². The van der Waals surface area contributed by atoms with Crippen LogP contribution in [0.15, 0.2) is 18.2 Å². The highest BCUT2D eigenvalue weighted by Crippen LogP contribution is 2.25. The van der Waals surface area contributed by atoms with Crippen LogP contribution in [0.1, 0.15) is 46.6 Å². The second-order valence-electron chi connectivity index (χ2n) is 6.47. The molecule has 1 aromatic rings. The van der Waals surface area contributed by atoms with Crippen molar-refractivity contribution in [3.8, 4) is 5.75 Å². The summed E-state index contributed by atoms with van der Waals surface area (Å²) in [6.45, 7) is 11.4. The molecule has 21 heavy (non-hydrogen) atoms. The Labute approximate surface area is 128 Å². The van der Waals surface area contributed by atoms with Gasteiger partial charge in [-0.15, -0.1) is 0 Å². The van der Waals surface area contributed by atoms with E-state index in [0.717, 1.165) is 17.7 Å². The summed E-state index contributed by atoms with van der Waals surface area (Å²) in [5.74, 6) is 0.718. The fourth-order valence-electron chi connectivity index (χ4n) is 1.71. The van der Waals surface area contributed by atoms with Gasteiger partial charge in [0, 0.05) is 0 Å². The first-order valence-electron chi connectivity index (χ1n) is 7.39. The van der Waals surface area contributed by atoms with Crippen molar-refractivity contribution in [2.45, 2.75) is 59.2 Å². The molecule has 5 heteroatoms. The second-order valence-corrected chi connectivity index (χ2v) is 6.47. The van der Waals surface area contributed by atoms with Gasteiger partial charge in [-0.05, 0) is 64.2 Å². The van der Waals surface area contributed by atoms with Gasteiger partial charge in [-0.2, -0.15) is 0 Å². The Kier molecular flexibility index (Phi) is 5.85. The van der Waals surface area contributed by atoms with E-state index in [0.29, 0.717) is 12.1 Å². The van der Waals surface area contributed by atoms with Crippen LogP contribution in [0.2, 0.25) is 0 Å². The average Bonchev–Trinajstić information content (AvgIpc) is 2.33. The summed E-state index contributed by atoms with van der Waals surface area (Å²) in [4.78, 5) is 0. The molecule has 0 heterocycles. The summed E-state index contributed by atoms with van der Waals surface area (Å²) in [6, 6.07) is 5.55. The maximum absolute atomic E-state index is 10.3. The smallest absolute Gasteiger partial charge is 0.491 e. The maximum Gasteiger partial charge on any atom is 0.491 e. The zero-order valence-corrected chi connectivity index (χ0v) is 13.9. The Morgan fingerprint density at radius 3 is 2.29 bits per heavy atom. The zero-order chi connectivity index (χ0) is 16.3. The molecule has 0 radical (unpaired) electrons. The largest absolute Gasteiger partial charge is 0.494 e. The van der Waals surface area contributed by atoms with Crippen LogP contribution in [0.4, 0.5) is 0 Å². The van der Waals surface area contributed by atoms with Gasteiger partial charge in [0.25, 0.3) is 0 Å². The Morgan fingerprint density at radius 1 is 1.14 bits per heavy atom. The molecule has 1 aromatic carbocycles. The van der Waals surface area contributed by atoms with Crippen LogP contribution in [-0.4, -0.2) is 35.1 Å². The van der Waals surface area contributed by atoms with Crippen LogP contribution in [-0.2, 0) is 4.65 Å². The van der Waals surface area contributed by atoms with E-state index in [1.165, 1.54) is 0 Å². The number of benzene rings is 1. The minimum atomic E-state index is -1.12. The second kappa shape index (κ2) is 6.82. The molecule has 0 spiro atoms. The predicted octanol–water partition coefficient (Wildman–Crippen LogP) is 2.04.